The quantitative estimate of drug-likeness (QED) is 0.521. The smallest absolute Gasteiger partial charge is 0.175 e. The van der Waals surface area contributed by atoms with Gasteiger partial charge in [-0.1, -0.05) is 18.2 Å². The minimum Gasteiger partial charge on any atom is -0.175 e. The van der Waals surface area contributed by atoms with Gasteiger partial charge in [0.1, 0.15) is 18.8 Å². The Morgan fingerprint density at radius 2 is 1.79 bits per heavy atom. The first-order valence-corrected chi connectivity index (χ1v) is 5.71. The first-order valence-electron chi connectivity index (χ1n) is 4.49. The van der Waals surface area contributed by atoms with E-state index in [0.717, 1.165) is 6.42 Å². The first-order chi connectivity index (χ1) is 6.80. The summed E-state index contributed by atoms with van der Waals surface area (Å²) in [6.45, 7) is 11.4. The summed E-state index contributed by atoms with van der Waals surface area (Å²) in [6, 6.07) is 0. The summed E-state index contributed by atoms with van der Waals surface area (Å²) in [4.78, 5) is 0. The van der Waals surface area contributed by atoms with Crippen LogP contribution in [0.2, 0.25) is 0 Å². The van der Waals surface area contributed by atoms with E-state index in [-0.39, 0.29) is 12.2 Å². The average molecular weight is 215 g/mol. The fraction of sp³-hybridized carbons (Fsp3) is 0.400. The van der Waals surface area contributed by atoms with Crippen molar-refractivity contribution in [3.8, 4) is 0 Å². The van der Waals surface area contributed by atoms with E-state index < -0.39 is 8.60 Å². The second kappa shape index (κ2) is 6.10. The van der Waals surface area contributed by atoms with Crippen molar-refractivity contribution in [2.24, 2.45) is 0 Å². The van der Waals surface area contributed by atoms with Gasteiger partial charge in [-0.15, -0.1) is 19.7 Å². The zero-order valence-electron chi connectivity index (χ0n) is 8.15. The van der Waals surface area contributed by atoms with Crippen LogP contribution in [0.15, 0.2) is 38.0 Å². The molecule has 0 N–H and O–H groups in total. The van der Waals surface area contributed by atoms with Gasteiger partial charge in [-0.05, 0) is 0 Å². The standard InChI is InChI=1S/C10H16O3P/c1-4-7-11-14-12-9(5-2)8-10(6-3)13-14/h4-6,9-10,14H,1-3,7-8H2/q+1/t9-,10-/m1/s1. The topological polar surface area (TPSA) is 27.7 Å². The summed E-state index contributed by atoms with van der Waals surface area (Å²) in [7, 11) is -1.65. The Balaban J connectivity index is 2.46. The Morgan fingerprint density at radius 1 is 1.21 bits per heavy atom. The van der Waals surface area contributed by atoms with Crippen LogP contribution in [0, 0.1) is 0 Å². The lowest BCUT2D eigenvalue weighted by Crippen LogP contribution is -2.24. The molecule has 3 nitrogen and oxygen atoms in total. The van der Waals surface area contributed by atoms with Crippen LogP contribution in [0.4, 0.5) is 0 Å². The zero-order chi connectivity index (χ0) is 10.4. The number of hydrogen-bond acceptors (Lipinski definition) is 3. The zero-order valence-corrected chi connectivity index (χ0v) is 9.15. The maximum Gasteiger partial charge on any atom is 0.399 e. The molecule has 0 aliphatic carbocycles. The molecular weight excluding hydrogens is 199 g/mol. The molecule has 2 atom stereocenters. The van der Waals surface area contributed by atoms with E-state index in [2.05, 4.69) is 19.7 Å². The van der Waals surface area contributed by atoms with Crippen LogP contribution >= 0.6 is 8.60 Å². The first kappa shape index (κ1) is 11.6. The van der Waals surface area contributed by atoms with Gasteiger partial charge >= 0.3 is 8.60 Å². The summed E-state index contributed by atoms with van der Waals surface area (Å²) in [6.07, 6.45) is 5.97. The van der Waals surface area contributed by atoms with E-state index in [0.29, 0.717) is 6.61 Å². The van der Waals surface area contributed by atoms with Crippen molar-refractivity contribution in [2.75, 3.05) is 6.61 Å². The predicted octanol–water partition coefficient (Wildman–Crippen LogP) is 2.69. The Hall–Kier alpha value is -0.470. The summed E-state index contributed by atoms with van der Waals surface area (Å²) in [5.74, 6) is 0. The number of hydrogen-bond donors (Lipinski definition) is 0. The van der Waals surface area contributed by atoms with Crippen molar-refractivity contribution in [1.29, 1.82) is 0 Å². The average Bonchev–Trinajstić information content (AvgIpc) is 2.25. The van der Waals surface area contributed by atoms with Crippen LogP contribution in [-0.4, -0.2) is 18.8 Å². The highest BCUT2D eigenvalue weighted by Gasteiger charge is 2.35. The Kier molecular flexibility index (Phi) is 5.05. The molecule has 0 radical (unpaired) electrons. The fourth-order valence-electron chi connectivity index (χ4n) is 1.08. The van der Waals surface area contributed by atoms with Crippen LogP contribution in [-0.2, 0) is 13.6 Å². The molecule has 0 bridgehead atoms. The lowest BCUT2D eigenvalue weighted by molar-refractivity contribution is 0.0594. The Morgan fingerprint density at radius 3 is 2.21 bits per heavy atom. The Bertz CT molecular complexity index is 201. The molecule has 0 aromatic rings. The van der Waals surface area contributed by atoms with E-state index in [1.165, 1.54) is 0 Å². The molecule has 0 unspecified atom stereocenters. The van der Waals surface area contributed by atoms with Crippen LogP contribution in [0.5, 0.6) is 0 Å². The van der Waals surface area contributed by atoms with Crippen molar-refractivity contribution in [3.05, 3.63) is 38.0 Å². The van der Waals surface area contributed by atoms with Gasteiger partial charge in [0, 0.05) is 6.42 Å². The monoisotopic (exact) mass is 215 g/mol. The second-order valence-electron chi connectivity index (χ2n) is 2.87. The van der Waals surface area contributed by atoms with Crippen molar-refractivity contribution in [3.63, 3.8) is 0 Å². The SMILES string of the molecule is C=CCO[PH+]1O[C@H](C=C)C[C@@H](C=C)O1. The highest BCUT2D eigenvalue weighted by molar-refractivity contribution is 7.41. The van der Waals surface area contributed by atoms with Crippen molar-refractivity contribution in [2.45, 2.75) is 18.6 Å². The molecule has 0 spiro atoms. The Labute approximate surface area is 86.0 Å². The molecule has 0 aromatic carbocycles. The maximum absolute atomic E-state index is 5.51. The lowest BCUT2D eigenvalue weighted by atomic mass is 10.1. The van der Waals surface area contributed by atoms with Gasteiger partial charge in [-0.2, -0.15) is 13.6 Å². The van der Waals surface area contributed by atoms with Crippen molar-refractivity contribution < 1.29 is 13.6 Å². The molecule has 0 amide bonds. The van der Waals surface area contributed by atoms with Crippen LogP contribution in [0.25, 0.3) is 0 Å². The van der Waals surface area contributed by atoms with Crippen LogP contribution in [0.1, 0.15) is 6.42 Å². The highest BCUT2D eigenvalue weighted by Crippen LogP contribution is 2.47. The van der Waals surface area contributed by atoms with Crippen LogP contribution in [0.3, 0.4) is 0 Å². The summed E-state index contributed by atoms with van der Waals surface area (Å²) >= 11 is 0. The van der Waals surface area contributed by atoms with E-state index in [1.807, 2.05) is 0 Å². The third-order valence-electron chi connectivity index (χ3n) is 1.80. The normalized spacial score (nSPS) is 32.1. The van der Waals surface area contributed by atoms with Gasteiger partial charge in [0.15, 0.2) is 0 Å². The highest BCUT2D eigenvalue weighted by atomic mass is 31.2. The summed E-state index contributed by atoms with van der Waals surface area (Å²) in [5, 5.41) is 0. The van der Waals surface area contributed by atoms with Crippen molar-refractivity contribution in [1.82, 2.24) is 0 Å². The molecule has 1 aliphatic heterocycles. The minimum absolute atomic E-state index is 0.00505. The number of rotatable bonds is 5. The van der Waals surface area contributed by atoms with E-state index in [4.69, 9.17) is 13.6 Å². The van der Waals surface area contributed by atoms with Crippen molar-refractivity contribution >= 4 is 8.60 Å². The second-order valence-corrected chi connectivity index (χ2v) is 4.13. The third kappa shape index (κ3) is 3.35. The van der Waals surface area contributed by atoms with Gasteiger partial charge < -0.3 is 0 Å². The van der Waals surface area contributed by atoms with E-state index >= 15 is 0 Å². The molecule has 78 valence electrons. The van der Waals surface area contributed by atoms with Gasteiger partial charge in [-0.25, -0.2) is 0 Å². The molecule has 0 saturated carbocycles. The lowest BCUT2D eigenvalue weighted by Gasteiger charge is -2.23. The molecule has 4 heteroatoms. The molecule has 14 heavy (non-hydrogen) atoms. The van der Waals surface area contributed by atoms with Crippen LogP contribution < -0.4 is 0 Å². The van der Waals surface area contributed by atoms with Gasteiger partial charge in [0.05, 0.1) is 0 Å². The van der Waals surface area contributed by atoms with Gasteiger partial charge in [0.2, 0.25) is 0 Å². The van der Waals surface area contributed by atoms with Gasteiger partial charge in [0.25, 0.3) is 0 Å². The molecule has 1 saturated heterocycles. The summed E-state index contributed by atoms with van der Waals surface area (Å²) < 4.78 is 16.4. The molecule has 1 heterocycles. The third-order valence-corrected chi connectivity index (χ3v) is 3.20. The molecular formula is C10H16O3P+. The van der Waals surface area contributed by atoms with E-state index in [1.54, 1.807) is 18.2 Å². The molecule has 1 rings (SSSR count). The summed E-state index contributed by atoms with van der Waals surface area (Å²) in [5.41, 5.74) is 0. The predicted molar refractivity (Wildman–Crippen MR) is 59.2 cm³/mol. The van der Waals surface area contributed by atoms with Gasteiger partial charge in [-0.3, -0.25) is 0 Å². The molecule has 1 aliphatic rings. The molecule has 1 fully saturated rings. The largest absolute Gasteiger partial charge is 0.399 e. The maximum atomic E-state index is 5.51. The molecule has 0 aromatic heterocycles. The minimum atomic E-state index is -1.65. The fourth-order valence-corrected chi connectivity index (χ4v) is 2.41. The van der Waals surface area contributed by atoms with E-state index in [9.17, 15) is 0 Å².